The van der Waals surface area contributed by atoms with Crippen molar-refractivity contribution in [2.45, 2.75) is 55.7 Å². The zero-order chi connectivity index (χ0) is 26.1. The number of amides is 1. The third-order valence-electron chi connectivity index (χ3n) is 6.01. The predicted molar refractivity (Wildman–Crippen MR) is 139 cm³/mol. The normalized spacial score (nSPS) is 19.1. The lowest BCUT2D eigenvalue weighted by atomic mass is 9.97. The van der Waals surface area contributed by atoms with Gasteiger partial charge in [0.1, 0.15) is 11.9 Å². The largest absolute Gasteiger partial charge is 0.489 e. The molecule has 1 fully saturated rings. The van der Waals surface area contributed by atoms with Crippen LogP contribution in [0.25, 0.3) is 0 Å². The molecule has 0 spiro atoms. The fraction of sp³-hybridized carbons (Fsp3) is 0.370. The maximum atomic E-state index is 13.3. The van der Waals surface area contributed by atoms with Crippen molar-refractivity contribution in [3.05, 3.63) is 71.3 Å². The van der Waals surface area contributed by atoms with Crippen LogP contribution in [-0.4, -0.2) is 59.0 Å². The second-order valence-corrected chi connectivity index (χ2v) is 9.66. The molecule has 0 aromatic heterocycles. The molecule has 1 amide bonds. The Morgan fingerprint density at radius 3 is 2.44 bits per heavy atom. The predicted octanol–water partition coefficient (Wildman–Crippen LogP) is 3.54. The minimum Gasteiger partial charge on any atom is -0.489 e. The van der Waals surface area contributed by atoms with Crippen molar-refractivity contribution >= 4 is 29.6 Å². The molecule has 0 aliphatic carbocycles. The summed E-state index contributed by atoms with van der Waals surface area (Å²) in [6.45, 7) is 3.07. The zero-order valence-corrected chi connectivity index (χ0v) is 21.2. The molecule has 2 aliphatic rings. The number of carbonyl (C=O) groups is 3. The van der Waals surface area contributed by atoms with E-state index < -0.39 is 11.9 Å². The summed E-state index contributed by atoms with van der Waals surface area (Å²) >= 11 is 1.67. The average molecular weight is 513 g/mol. The molecule has 3 unspecified atom stereocenters. The molecule has 2 heterocycles. The second kappa shape index (κ2) is 13.1. The fourth-order valence-electron chi connectivity index (χ4n) is 4.40. The third-order valence-corrected chi connectivity index (χ3v) is 6.72. The minimum atomic E-state index is -1.26. The molecule has 192 valence electrons. The number of hydrogen-bond donors (Lipinski definition) is 4. The number of aliphatic carboxylic acids is 2. The summed E-state index contributed by atoms with van der Waals surface area (Å²) in [6.07, 6.45) is 7.22. The molecule has 3 atom stereocenters. The number of thioether (sulfide) groups is 1. The lowest BCUT2D eigenvalue weighted by molar-refractivity contribution is -0.134. The molecule has 2 aromatic rings. The van der Waals surface area contributed by atoms with Gasteiger partial charge in [-0.2, -0.15) is 0 Å². The van der Waals surface area contributed by atoms with Gasteiger partial charge in [0.25, 0.3) is 5.91 Å². The number of carboxylic acid groups (broad SMARTS) is 2. The molecule has 0 radical (unpaired) electrons. The number of carbonyl (C=O) groups excluding carboxylic acids is 1. The SMILES string of the molecule is CSc1cc2c(c(C(=O)NC(Cc3ccccc3)C3CCCN3)c1)OC(C)C2.O=C(O)C=CC(=O)O. The van der Waals surface area contributed by atoms with Gasteiger partial charge in [0.2, 0.25) is 0 Å². The summed E-state index contributed by atoms with van der Waals surface area (Å²) in [4.78, 5) is 33.5. The highest BCUT2D eigenvalue weighted by molar-refractivity contribution is 7.98. The van der Waals surface area contributed by atoms with E-state index >= 15 is 0 Å². The van der Waals surface area contributed by atoms with Gasteiger partial charge in [0.05, 0.1) is 5.56 Å². The number of benzene rings is 2. The summed E-state index contributed by atoms with van der Waals surface area (Å²) in [7, 11) is 0. The lowest BCUT2D eigenvalue weighted by Crippen LogP contribution is -2.48. The quantitative estimate of drug-likeness (QED) is 0.313. The van der Waals surface area contributed by atoms with Gasteiger partial charge >= 0.3 is 11.9 Å². The van der Waals surface area contributed by atoms with Gasteiger partial charge in [0, 0.05) is 35.6 Å². The monoisotopic (exact) mass is 512 g/mol. The van der Waals surface area contributed by atoms with Gasteiger partial charge in [0.15, 0.2) is 0 Å². The van der Waals surface area contributed by atoms with E-state index in [1.54, 1.807) is 11.8 Å². The zero-order valence-electron chi connectivity index (χ0n) is 20.4. The Kier molecular flexibility index (Phi) is 9.95. The number of hydrogen-bond acceptors (Lipinski definition) is 6. The van der Waals surface area contributed by atoms with E-state index in [4.69, 9.17) is 14.9 Å². The van der Waals surface area contributed by atoms with Crippen LogP contribution < -0.4 is 15.4 Å². The van der Waals surface area contributed by atoms with E-state index in [9.17, 15) is 14.4 Å². The third kappa shape index (κ3) is 7.86. The standard InChI is InChI=1S/C23H28N2O2S.C4H4O4/c1-15-11-17-13-18(28-2)14-19(22(17)27-15)23(26)25-21(20-9-6-10-24-20)12-16-7-4-3-5-8-16;5-3(6)1-2-4(7)8/h3-5,7-8,13-15,20-21,24H,6,9-12H2,1-2H3,(H,25,26);1-2H,(H,5,6)(H,7,8). The first-order chi connectivity index (χ1) is 17.3. The van der Waals surface area contributed by atoms with Gasteiger partial charge in [-0.15, -0.1) is 11.8 Å². The Morgan fingerprint density at radius 2 is 1.86 bits per heavy atom. The molecule has 36 heavy (non-hydrogen) atoms. The molecule has 2 aliphatic heterocycles. The van der Waals surface area contributed by atoms with Crippen LogP contribution in [0.2, 0.25) is 0 Å². The number of nitrogens with one attached hydrogen (secondary N) is 2. The van der Waals surface area contributed by atoms with Crippen molar-refractivity contribution in [2.24, 2.45) is 0 Å². The Morgan fingerprint density at radius 1 is 1.17 bits per heavy atom. The number of fused-ring (bicyclic) bond motifs is 1. The highest BCUT2D eigenvalue weighted by Gasteiger charge is 2.30. The first-order valence-electron chi connectivity index (χ1n) is 11.9. The minimum absolute atomic E-state index is 0.0316. The highest BCUT2D eigenvalue weighted by atomic mass is 32.2. The molecular formula is C27H32N2O6S. The Balaban J connectivity index is 0.000000392. The van der Waals surface area contributed by atoms with E-state index in [2.05, 4.69) is 47.9 Å². The smallest absolute Gasteiger partial charge is 0.328 e. The number of ether oxygens (including phenoxy) is 1. The molecule has 0 bridgehead atoms. The molecule has 2 aromatic carbocycles. The van der Waals surface area contributed by atoms with Crippen LogP contribution in [-0.2, 0) is 22.4 Å². The van der Waals surface area contributed by atoms with Crippen LogP contribution >= 0.6 is 11.8 Å². The van der Waals surface area contributed by atoms with Gasteiger partial charge in [-0.25, -0.2) is 9.59 Å². The summed E-state index contributed by atoms with van der Waals surface area (Å²) in [5.41, 5.74) is 3.06. The topological polar surface area (TPSA) is 125 Å². The Hall–Kier alpha value is -3.30. The van der Waals surface area contributed by atoms with E-state index in [1.807, 2.05) is 18.4 Å². The number of carboxylic acids is 2. The van der Waals surface area contributed by atoms with Gasteiger partial charge in [-0.1, -0.05) is 30.3 Å². The van der Waals surface area contributed by atoms with Gasteiger partial charge < -0.3 is 25.6 Å². The van der Waals surface area contributed by atoms with Crippen molar-refractivity contribution in [2.75, 3.05) is 12.8 Å². The summed E-state index contributed by atoms with van der Waals surface area (Å²) in [5, 5.41) is 22.5. The van der Waals surface area contributed by atoms with Crippen LogP contribution in [0.5, 0.6) is 5.75 Å². The first kappa shape index (κ1) is 27.3. The van der Waals surface area contributed by atoms with Crippen LogP contribution in [0, 0.1) is 0 Å². The van der Waals surface area contributed by atoms with Crippen LogP contribution in [0.4, 0.5) is 0 Å². The van der Waals surface area contributed by atoms with Gasteiger partial charge in [-0.05, 0) is 62.2 Å². The first-order valence-corrected chi connectivity index (χ1v) is 13.1. The lowest BCUT2D eigenvalue weighted by Gasteiger charge is -2.26. The maximum Gasteiger partial charge on any atom is 0.328 e. The molecule has 8 nitrogen and oxygen atoms in total. The van der Waals surface area contributed by atoms with Crippen LogP contribution in [0.15, 0.2) is 59.5 Å². The highest BCUT2D eigenvalue weighted by Crippen LogP contribution is 2.36. The Labute approximate surface area is 215 Å². The van der Waals surface area contributed by atoms with Crippen LogP contribution in [0.1, 0.15) is 41.3 Å². The van der Waals surface area contributed by atoms with Crippen LogP contribution in [0.3, 0.4) is 0 Å². The van der Waals surface area contributed by atoms with E-state index in [0.29, 0.717) is 23.8 Å². The van der Waals surface area contributed by atoms with Gasteiger partial charge in [-0.3, -0.25) is 4.79 Å². The van der Waals surface area contributed by atoms with Crippen molar-refractivity contribution in [3.8, 4) is 5.75 Å². The molecule has 9 heteroatoms. The van der Waals surface area contributed by atoms with E-state index in [-0.39, 0.29) is 18.1 Å². The van der Waals surface area contributed by atoms with E-state index in [0.717, 1.165) is 48.4 Å². The van der Waals surface area contributed by atoms with Crippen molar-refractivity contribution in [1.82, 2.24) is 10.6 Å². The summed E-state index contributed by atoms with van der Waals surface area (Å²) in [5.74, 6) is -1.78. The molecular weight excluding hydrogens is 480 g/mol. The average Bonchev–Trinajstić information content (AvgIpc) is 3.52. The van der Waals surface area contributed by atoms with E-state index in [1.165, 1.54) is 5.56 Å². The molecule has 1 saturated heterocycles. The van der Waals surface area contributed by atoms with Crippen molar-refractivity contribution in [3.63, 3.8) is 0 Å². The maximum absolute atomic E-state index is 13.3. The van der Waals surface area contributed by atoms with Crippen molar-refractivity contribution < 1.29 is 29.3 Å². The number of rotatable bonds is 8. The molecule has 4 rings (SSSR count). The molecule has 0 saturated carbocycles. The molecule has 4 N–H and O–H groups in total. The summed E-state index contributed by atoms with van der Waals surface area (Å²) < 4.78 is 6.00. The Bertz CT molecular complexity index is 1080. The second-order valence-electron chi connectivity index (χ2n) is 8.78. The fourth-order valence-corrected chi connectivity index (χ4v) is 4.89. The van der Waals surface area contributed by atoms with Crippen molar-refractivity contribution in [1.29, 1.82) is 0 Å². The summed E-state index contributed by atoms with van der Waals surface area (Å²) in [6, 6.07) is 14.9.